The molecule has 1 aliphatic carbocycles. The van der Waals surface area contributed by atoms with Crippen molar-refractivity contribution in [1.82, 2.24) is 15.2 Å². The van der Waals surface area contributed by atoms with E-state index in [-0.39, 0.29) is 11.9 Å². The highest BCUT2D eigenvalue weighted by Crippen LogP contribution is 2.23. The van der Waals surface area contributed by atoms with Gasteiger partial charge in [-0.25, -0.2) is 4.98 Å². The number of amides is 1. The third kappa shape index (κ3) is 2.87. The number of likely N-dealkylation sites (tertiary alicyclic amines) is 1. The lowest BCUT2D eigenvalue weighted by atomic mass is 10.2. The van der Waals surface area contributed by atoms with E-state index in [1.54, 1.807) is 13.3 Å². The Morgan fingerprint density at radius 3 is 3.05 bits per heavy atom. The summed E-state index contributed by atoms with van der Waals surface area (Å²) in [5.74, 6) is 0.819. The quantitative estimate of drug-likeness (QED) is 0.857. The van der Waals surface area contributed by atoms with E-state index < -0.39 is 0 Å². The van der Waals surface area contributed by atoms with Crippen LogP contribution in [0.1, 0.15) is 24.8 Å². The molecule has 1 amide bonds. The van der Waals surface area contributed by atoms with Crippen molar-refractivity contribution in [2.45, 2.75) is 37.9 Å². The van der Waals surface area contributed by atoms with Crippen molar-refractivity contribution in [3.8, 4) is 5.88 Å². The predicted molar refractivity (Wildman–Crippen MR) is 70.8 cm³/mol. The van der Waals surface area contributed by atoms with Gasteiger partial charge in [0.25, 0.3) is 0 Å². The molecular formula is C14H19N3O2. The Balaban J connectivity index is 1.61. The van der Waals surface area contributed by atoms with Gasteiger partial charge >= 0.3 is 0 Å². The van der Waals surface area contributed by atoms with Gasteiger partial charge in [-0.1, -0.05) is 0 Å². The number of hydrogen-bond acceptors (Lipinski definition) is 4. The summed E-state index contributed by atoms with van der Waals surface area (Å²) in [6, 6.07) is 4.41. The Labute approximate surface area is 113 Å². The van der Waals surface area contributed by atoms with Crippen molar-refractivity contribution in [3.63, 3.8) is 0 Å². The number of nitrogens with zero attached hydrogens (tertiary/aromatic N) is 2. The lowest BCUT2D eigenvalue weighted by molar-refractivity contribution is -0.130. The van der Waals surface area contributed by atoms with E-state index in [1.807, 2.05) is 17.0 Å². The predicted octanol–water partition coefficient (Wildman–Crippen LogP) is 0.943. The van der Waals surface area contributed by atoms with Gasteiger partial charge in [0.1, 0.15) is 0 Å². The second-order valence-corrected chi connectivity index (χ2v) is 5.25. The van der Waals surface area contributed by atoms with Crippen molar-refractivity contribution < 1.29 is 9.53 Å². The van der Waals surface area contributed by atoms with Gasteiger partial charge in [-0.2, -0.15) is 0 Å². The molecule has 1 saturated carbocycles. The van der Waals surface area contributed by atoms with Crippen LogP contribution in [-0.2, 0) is 11.3 Å². The van der Waals surface area contributed by atoms with Crippen molar-refractivity contribution in [1.29, 1.82) is 0 Å². The lowest BCUT2D eigenvalue weighted by Crippen LogP contribution is -2.39. The summed E-state index contributed by atoms with van der Waals surface area (Å²) in [5, 5.41) is 3.41. The van der Waals surface area contributed by atoms with Gasteiger partial charge in [-0.15, -0.1) is 0 Å². The SMILES string of the molecule is COc1cc(CN2CCC(NC3CC3)C2=O)ccn1. The van der Waals surface area contributed by atoms with Gasteiger partial charge in [0.15, 0.2) is 0 Å². The standard InChI is InChI=1S/C14H19N3O2/c1-19-13-8-10(4-6-15-13)9-17-7-5-12(14(17)18)16-11-2-3-11/h4,6,8,11-12,16H,2-3,5,7,9H2,1H3. The molecule has 2 fully saturated rings. The molecule has 5 heteroatoms. The number of hydrogen-bond donors (Lipinski definition) is 1. The van der Waals surface area contributed by atoms with Gasteiger partial charge in [0, 0.05) is 31.4 Å². The smallest absolute Gasteiger partial charge is 0.240 e. The van der Waals surface area contributed by atoms with Crippen LogP contribution < -0.4 is 10.1 Å². The Bertz CT molecular complexity index is 474. The Hall–Kier alpha value is -1.62. The van der Waals surface area contributed by atoms with Crippen LogP contribution in [0.15, 0.2) is 18.3 Å². The van der Waals surface area contributed by atoms with Crippen LogP contribution in [0, 0.1) is 0 Å². The zero-order valence-electron chi connectivity index (χ0n) is 11.1. The molecule has 2 heterocycles. The number of pyridine rings is 1. The summed E-state index contributed by atoms with van der Waals surface area (Å²) in [7, 11) is 1.60. The number of methoxy groups -OCH3 is 1. The maximum atomic E-state index is 12.2. The molecule has 3 rings (SSSR count). The van der Waals surface area contributed by atoms with Gasteiger partial charge in [0.05, 0.1) is 13.2 Å². The van der Waals surface area contributed by atoms with E-state index in [0.29, 0.717) is 18.5 Å². The van der Waals surface area contributed by atoms with E-state index in [2.05, 4.69) is 10.3 Å². The Morgan fingerprint density at radius 2 is 2.32 bits per heavy atom. The minimum absolute atomic E-state index is 0.0243. The number of carbonyl (C=O) groups excluding carboxylic acids is 1. The van der Waals surface area contributed by atoms with Gasteiger partial charge in [0.2, 0.25) is 11.8 Å². The zero-order chi connectivity index (χ0) is 13.2. The van der Waals surface area contributed by atoms with Crippen LogP contribution in [0.4, 0.5) is 0 Å². The molecule has 102 valence electrons. The molecule has 0 aromatic carbocycles. The first-order chi connectivity index (χ1) is 9.26. The third-order valence-corrected chi connectivity index (χ3v) is 3.69. The molecule has 1 aromatic heterocycles. The van der Waals surface area contributed by atoms with E-state index in [0.717, 1.165) is 18.5 Å². The summed E-state index contributed by atoms with van der Waals surface area (Å²) < 4.78 is 5.10. The minimum atomic E-state index is 0.0243. The maximum absolute atomic E-state index is 12.2. The number of rotatable bonds is 5. The average molecular weight is 261 g/mol. The van der Waals surface area contributed by atoms with Crippen molar-refractivity contribution in [3.05, 3.63) is 23.9 Å². The first kappa shape index (κ1) is 12.4. The lowest BCUT2D eigenvalue weighted by Gasteiger charge is -2.17. The van der Waals surface area contributed by atoms with E-state index in [4.69, 9.17) is 4.74 Å². The molecule has 5 nitrogen and oxygen atoms in total. The van der Waals surface area contributed by atoms with Gasteiger partial charge in [-0.3, -0.25) is 4.79 Å². The molecule has 1 aromatic rings. The zero-order valence-corrected chi connectivity index (χ0v) is 11.1. The van der Waals surface area contributed by atoms with Gasteiger partial charge in [-0.05, 0) is 30.9 Å². The second kappa shape index (κ2) is 5.17. The van der Waals surface area contributed by atoms with E-state index >= 15 is 0 Å². The number of carbonyl (C=O) groups is 1. The fourth-order valence-corrected chi connectivity index (χ4v) is 2.47. The van der Waals surface area contributed by atoms with Crippen LogP contribution in [0.3, 0.4) is 0 Å². The van der Waals surface area contributed by atoms with Crippen molar-refractivity contribution >= 4 is 5.91 Å². The summed E-state index contributed by atoms with van der Waals surface area (Å²) in [4.78, 5) is 18.2. The number of ether oxygens (including phenoxy) is 1. The minimum Gasteiger partial charge on any atom is -0.481 e. The number of nitrogens with one attached hydrogen (secondary N) is 1. The van der Waals surface area contributed by atoms with Crippen molar-refractivity contribution in [2.75, 3.05) is 13.7 Å². The first-order valence-corrected chi connectivity index (χ1v) is 6.80. The van der Waals surface area contributed by atoms with Crippen LogP contribution in [0.5, 0.6) is 5.88 Å². The topological polar surface area (TPSA) is 54.5 Å². The normalized spacial score (nSPS) is 22.9. The highest BCUT2D eigenvalue weighted by molar-refractivity contribution is 5.84. The summed E-state index contributed by atoms with van der Waals surface area (Å²) in [6.45, 7) is 1.47. The summed E-state index contributed by atoms with van der Waals surface area (Å²) >= 11 is 0. The molecule has 1 saturated heterocycles. The molecule has 2 aliphatic rings. The largest absolute Gasteiger partial charge is 0.481 e. The molecular weight excluding hydrogens is 242 g/mol. The van der Waals surface area contributed by atoms with Crippen LogP contribution >= 0.6 is 0 Å². The maximum Gasteiger partial charge on any atom is 0.240 e. The molecule has 1 aliphatic heterocycles. The summed E-state index contributed by atoms with van der Waals surface area (Å²) in [6.07, 6.45) is 5.06. The number of aromatic nitrogens is 1. The molecule has 1 atom stereocenters. The molecule has 0 spiro atoms. The third-order valence-electron chi connectivity index (χ3n) is 3.69. The van der Waals surface area contributed by atoms with Gasteiger partial charge < -0.3 is 15.0 Å². The van der Waals surface area contributed by atoms with E-state index in [1.165, 1.54) is 12.8 Å². The van der Waals surface area contributed by atoms with E-state index in [9.17, 15) is 4.79 Å². The fourth-order valence-electron chi connectivity index (χ4n) is 2.47. The van der Waals surface area contributed by atoms with Crippen LogP contribution in [0.25, 0.3) is 0 Å². The average Bonchev–Trinajstić information content (AvgIpc) is 3.19. The molecule has 1 unspecified atom stereocenters. The molecule has 0 bridgehead atoms. The second-order valence-electron chi connectivity index (χ2n) is 5.25. The van der Waals surface area contributed by atoms with Crippen LogP contribution in [-0.4, -0.2) is 41.5 Å². The monoisotopic (exact) mass is 261 g/mol. The Morgan fingerprint density at radius 1 is 1.47 bits per heavy atom. The van der Waals surface area contributed by atoms with Crippen LogP contribution in [0.2, 0.25) is 0 Å². The molecule has 19 heavy (non-hydrogen) atoms. The highest BCUT2D eigenvalue weighted by Gasteiger charge is 2.35. The summed E-state index contributed by atoms with van der Waals surface area (Å²) in [5.41, 5.74) is 1.06. The Kier molecular flexibility index (Phi) is 3.38. The molecule has 1 N–H and O–H groups in total. The first-order valence-electron chi connectivity index (χ1n) is 6.80. The highest BCUT2D eigenvalue weighted by atomic mass is 16.5. The fraction of sp³-hybridized carbons (Fsp3) is 0.571. The van der Waals surface area contributed by atoms with Crippen molar-refractivity contribution in [2.24, 2.45) is 0 Å². The molecule has 0 radical (unpaired) electrons.